The summed E-state index contributed by atoms with van der Waals surface area (Å²) in [5.74, 6) is -0.132. The van der Waals surface area contributed by atoms with Crippen LogP contribution < -0.4 is 10.6 Å². The second kappa shape index (κ2) is 6.08. The van der Waals surface area contributed by atoms with Crippen molar-refractivity contribution in [1.82, 2.24) is 0 Å². The van der Waals surface area contributed by atoms with Gasteiger partial charge in [-0.3, -0.25) is 4.79 Å². The van der Waals surface area contributed by atoms with Crippen molar-refractivity contribution in [2.24, 2.45) is 0 Å². The molecule has 5 heteroatoms. The maximum atomic E-state index is 12.5. The van der Waals surface area contributed by atoms with Gasteiger partial charge in [0.15, 0.2) is 0 Å². The SMILES string of the molecule is O=C(Nc1ccc(Br)c(Cl)c1)C1CCNc2ccccc21. The molecule has 0 saturated heterocycles. The first-order chi connectivity index (χ1) is 10.1. The van der Waals surface area contributed by atoms with Crippen molar-refractivity contribution < 1.29 is 4.79 Å². The summed E-state index contributed by atoms with van der Waals surface area (Å²) in [6, 6.07) is 13.3. The third-order valence-corrected chi connectivity index (χ3v) is 4.82. The number of fused-ring (bicyclic) bond motifs is 1. The highest BCUT2D eigenvalue weighted by Crippen LogP contribution is 2.33. The van der Waals surface area contributed by atoms with Crippen molar-refractivity contribution in [2.45, 2.75) is 12.3 Å². The minimum absolute atomic E-state index is 0.00217. The first-order valence-corrected chi connectivity index (χ1v) is 7.91. The van der Waals surface area contributed by atoms with Crippen LogP contribution in [-0.4, -0.2) is 12.5 Å². The summed E-state index contributed by atoms with van der Waals surface area (Å²) in [4.78, 5) is 12.5. The molecule has 1 unspecified atom stereocenters. The van der Waals surface area contributed by atoms with Gasteiger partial charge in [-0.05, 0) is 52.2 Å². The lowest BCUT2D eigenvalue weighted by Gasteiger charge is -2.25. The first kappa shape index (κ1) is 14.4. The lowest BCUT2D eigenvalue weighted by atomic mass is 9.90. The van der Waals surface area contributed by atoms with Crippen LogP contribution in [0.4, 0.5) is 11.4 Å². The fraction of sp³-hybridized carbons (Fsp3) is 0.188. The van der Waals surface area contributed by atoms with Crippen molar-refractivity contribution in [3.8, 4) is 0 Å². The Hall–Kier alpha value is -1.52. The van der Waals surface area contributed by atoms with E-state index in [4.69, 9.17) is 11.6 Å². The van der Waals surface area contributed by atoms with E-state index in [9.17, 15) is 4.79 Å². The fourth-order valence-electron chi connectivity index (χ4n) is 2.54. The van der Waals surface area contributed by atoms with Crippen molar-refractivity contribution >= 4 is 44.8 Å². The topological polar surface area (TPSA) is 41.1 Å². The van der Waals surface area contributed by atoms with Crippen LogP contribution in [-0.2, 0) is 4.79 Å². The molecule has 0 aromatic heterocycles. The summed E-state index contributed by atoms with van der Waals surface area (Å²) >= 11 is 9.40. The highest BCUT2D eigenvalue weighted by Gasteiger charge is 2.26. The Balaban J connectivity index is 1.81. The molecule has 0 aliphatic carbocycles. The van der Waals surface area contributed by atoms with Gasteiger partial charge < -0.3 is 10.6 Å². The van der Waals surface area contributed by atoms with Crippen LogP contribution in [0.25, 0.3) is 0 Å². The third kappa shape index (κ3) is 3.06. The largest absolute Gasteiger partial charge is 0.385 e. The quantitative estimate of drug-likeness (QED) is 0.814. The molecular weight excluding hydrogens is 352 g/mol. The van der Waals surface area contributed by atoms with Crippen LogP contribution in [0.15, 0.2) is 46.9 Å². The van der Waals surface area contributed by atoms with Gasteiger partial charge >= 0.3 is 0 Å². The summed E-state index contributed by atoms with van der Waals surface area (Å²) in [6.45, 7) is 0.802. The van der Waals surface area contributed by atoms with E-state index in [0.29, 0.717) is 10.7 Å². The molecular formula is C16H14BrClN2O. The Kier molecular flexibility index (Phi) is 4.17. The van der Waals surface area contributed by atoms with Crippen LogP contribution >= 0.6 is 27.5 Å². The van der Waals surface area contributed by atoms with Crippen LogP contribution in [0.2, 0.25) is 5.02 Å². The Morgan fingerprint density at radius 2 is 2.10 bits per heavy atom. The molecule has 0 fully saturated rings. The number of benzene rings is 2. The molecule has 21 heavy (non-hydrogen) atoms. The summed E-state index contributed by atoms with van der Waals surface area (Å²) in [5, 5.41) is 6.85. The zero-order valence-corrected chi connectivity index (χ0v) is 13.5. The van der Waals surface area contributed by atoms with E-state index < -0.39 is 0 Å². The lowest BCUT2D eigenvalue weighted by molar-refractivity contribution is -0.117. The Labute approximate surface area is 136 Å². The Morgan fingerprint density at radius 1 is 1.29 bits per heavy atom. The van der Waals surface area contributed by atoms with E-state index in [1.165, 1.54) is 0 Å². The van der Waals surface area contributed by atoms with Gasteiger partial charge in [-0.25, -0.2) is 0 Å². The summed E-state index contributed by atoms with van der Waals surface area (Å²) in [7, 11) is 0. The standard InChI is InChI=1S/C16H14BrClN2O/c17-13-6-5-10(9-14(13)18)20-16(21)12-7-8-19-15-4-2-1-3-11(12)15/h1-6,9,12,19H,7-8H2,(H,20,21). The van der Waals surface area contributed by atoms with Gasteiger partial charge in [0.2, 0.25) is 5.91 Å². The maximum Gasteiger partial charge on any atom is 0.232 e. The Bertz CT molecular complexity index is 690. The van der Waals surface area contributed by atoms with Crippen LogP contribution in [0, 0.1) is 0 Å². The van der Waals surface area contributed by atoms with Gasteiger partial charge in [0.25, 0.3) is 0 Å². The minimum Gasteiger partial charge on any atom is -0.385 e. The minimum atomic E-state index is -0.134. The zero-order valence-electron chi connectivity index (χ0n) is 11.2. The number of hydrogen-bond acceptors (Lipinski definition) is 2. The number of halogens is 2. The number of hydrogen-bond donors (Lipinski definition) is 2. The van der Waals surface area contributed by atoms with E-state index in [1.807, 2.05) is 36.4 Å². The molecule has 1 aliphatic heterocycles. The summed E-state index contributed by atoms with van der Waals surface area (Å²) < 4.78 is 0.814. The van der Waals surface area contributed by atoms with Gasteiger partial charge in [-0.15, -0.1) is 0 Å². The predicted octanol–water partition coefficient (Wildman–Crippen LogP) is 4.64. The molecule has 1 heterocycles. The molecule has 0 bridgehead atoms. The number of rotatable bonds is 2. The van der Waals surface area contributed by atoms with Crippen LogP contribution in [0.3, 0.4) is 0 Å². The average Bonchev–Trinajstić information content (AvgIpc) is 2.50. The van der Waals surface area contributed by atoms with Gasteiger partial charge in [0.05, 0.1) is 10.9 Å². The number of carbonyl (C=O) groups excluding carboxylic acids is 1. The fourth-order valence-corrected chi connectivity index (χ4v) is 2.97. The summed E-state index contributed by atoms with van der Waals surface area (Å²) in [6.07, 6.45) is 0.785. The van der Waals surface area contributed by atoms with Gasteiger partial charge in [-0.2, -0.15) is 0 Å². The maximum absolute atomic E-state index is 12.5. The molecule has 2 aromatic rings. The molecule has 2 aromatic carbocycles. The first-order valence-electron chi connectivity index (χ1n) is 6.74. The molecule has 1 aliphatic rings. The lowest BCUT2D eigenvalue weighted by Crippen LogP contribution is -2.27. The number of amides is 1. The van der Waals surface area contributed by atoms with E-state index in [0.717, 1.165) is 28.7 Å². The van der Waals surface area contributed by atoms with Crippen LogP contribution in [0.5, 0.6) is 0 Å². The molecule has 0 spiro atoms. The molecule has 3 nitrogen and oxygen atoms in total. The van der Waals surface area contributed by atoms with Crippen molar-refractivity contribution in [2.75, 3.05) is 17.2 Å². The molecule has 1 atom stereocenters. The van der Waals surface area contributed by atoms with Gasteiger partial charge in [0.1, 0.15) is 0 Å². The predicted molar refractivity (Wildman–Crippen MR) is 90.1 cm³/mol. The molecule has 3 rings (SSSR count). The smallest absolute Gasteiger partial charge is 0.232 e. The number of para-hydroxylation sites is 1. The third-order valence-electron chi connectivity index (χ3n) is 3.59. The van der Waals surface area contributed by atoms with E-state index in [-0.39, 0.29) is 11.8 Å². The molecule has 108 valence electrons. The average molecular weight is 366 g/mol. The molecule has 1 amide bonds. The van der Waals surface area contributed by atoms with E-state index >= 15 is 0 Å². The van der Waals surface area contributed by atoms with E-state index in [1.54, 1.807) is 6.07 Å². The Morgan fingerprint density at radius 3 is 2.90 bits per heavy atom. The second-order valence-corrected chi connectivity index (χ2v) is 6.23. The van der Waals surface area contributed by atoms with E-state index in [2.05, 4.69) is 26.6 Å². The molecule has 2 N–H and O–H groups in total. The molecule has 0 saturated carbocycles. The normalized spacial score (nSPS) is 16.8. The summed E-state index contributed by atoms with van der Waals surface area (Å²) in [5.41, 5.74) is 2.80. The number of anilines is 2. The van der Waals surface area contributed by atoms with Gasteiger partial charge in [-0.1, -0.05) is 29.8 Å². The zero-order chi connectivity index (χ0) is 14.8. The number of nitrogens with one attached hydrogen (secondary N) is 2. The van der Waals surface area contributed by atoms with Gasteiger partial charge in [0, 0.05) is 22.4 Å². The number of carbonyl (C=O) groups is 1. The molecule has 0 radical (unpaired) electrons. The van der Waals surface area contributed by atoms with Crippen molar-refractivity contribution in [3.63, 3.8) is 0 Å². The van der Waals surface area contributed by atoms with Crippen molar-refractivity contribution in [3.05, 3.63) is 57.5 Å². The van der Waals surface area contributed by atoms with Crippen LogP contribution in [0.1, 0.15) is 17.9 Å². The monoisotopic (exact) mass is 364 g/mol. The second-order valence-electron chi connectivity index (χ2n) is 4.97. The van der Waals surface area contributed by atoms with Crippen molar-refractivity contribution in [1.29, 1.82) is 0 Å². The highest BCUT2D eigenvalue weighted by atomic mass is 79.9. The highest BCUT2D eigenvalue weighted by molar-refractivity contribution is 9.10.